The minimum atomic E-state index is -0.449. The number of rotatable bonds is 5. The molecule has 5 rings (SSSR count). The summed E-state index contributed by atoms with van der Waals surface area (Å²) in [5, 5.41) is 12.7. The SMILES string of the molecule is Cc1ccc(NC(=O)Nc2cc(Cl)ccc2Cl)cc1Nc1ccc2c(c1)NC(=O)/C2=C/c1ccc[nH]1. The fourth-order valence-corrected chi connectivity index (χ4v) is 4.21. The molecule has 0 saturated carbocycles. The van der Waals surface area contributed by atoms with Crippen LogP contribution in [0.3, 0.4) is 0 Å². The van der Waals surface area contributed by atoms with E-state index in [1.54, 1.807) is 24.3 Å². The first-order valence-electron chi connectivity index (χ1n) is 11.1. The predicted molar refractivity (Wildman–Crippen MR) is 147 cm³/mol. The Hall–Kier alpha value is -4.20. The number of fused-ring (bicyclic) bond motifs is 1. The Balaban J connectivity index is 1.32. The van der Waals surface area contributed by atoms with Gasteiger partial charge in [-0.25, -0.2) is 4.79 Å². The number of aryl methyl sites for hydroxylation is 1. The fraction of sp³-hybridized carbons (Fsp3) is 0.0370. The largest absolute Gasteiger partial charge is 0.362 e. The van der Waals surface area contributed by atoms with Gasteiger partial charge in [0, 0.05) is 39.5 Å². The monoisotopic (exact) mass is 517 g/mol. The number of nitrogens with one attached hydrogen (secondary N) is 5. The van der Waals surface area contributed by atoms with Crippen LogP contribution < -0.4 is 21.3 Å². The Kier molecular flexibility index (Phi) is 6.41. The van der Waals surface area contributed by atoms with Gasteiger partial charge in [0.2, 0.25) is 0 Å². The molecule has 1 aliphatic rings. The minimum absolute atomic E-state index is 0.148. The molecule has 0 saturated heterocycles. The number of aromatic amines is 1. The molecule has 5 N–H and O–H groups in total. The van der Waals surface area contributed by atoms with E-state index in [1.807, 2.05) is 61.7 Å². The molecule has 180 valence electrons. The maximum atomic E-state index is 12.5. The van der Waals surface area contributed by atoms with Crippen LogP contribution in [0, 0.1) is 6.92 Å². The molecule has 0 aliphatic carbocycles. The summed E-state index contributed by atoms with van der Waals surface area (Å²) in [6, 6.07) is 19.4. The van der Waals surface area contributed by atoms with Gasteiger partial charge in [-0.3, -0.25) is 4.79 Å². The number of hydrogen-bond donors (Lipinski definition) is 5. The number of carbonyl (C=O) groups is 2. The smallest absolute Gasteiger partial charge is 0.323 e. The van der Waals surface area contributed by atoms with Gasteiger partial charge in [0.1, 0.15) is 0 Å². The second-order valence-corrected chi connectivity index (χ2v) is 9.10. The van der Waals surface area contributed by atoms with Gasteiger partial charge in [-0.05, 0) is 73.2 Å². The van der Waals surface area contributed by atoms with Crippen LogP contribution in [0.5, 0.6) is 0 Å². The number of H-pyrrole nitrogens is 1. The topological polar surface area (TPSA) is 98.0 Å². The number of hydrogen-bond acceptors (Lipinski definition) is 3. The lowest BCUT2D eigenvalue weighted by atomic mass is 10.1. The summed E-state index contributed by atoms with van der Waals surface area (Å²) in [7, 11) is 0. The quantitative estimate of drug-likeness (QED) is 0.177. The van der Waals surface area contributed by atoms with Crippen LogP contribution in [0.25, 0.3) is 11.6 Å². The zero-order valence-corrected chi connectivity index (χ0v) is 20.6. The van der Waals surface area contributed by atoms with E-state index in [1.165, 1.54) is 0 Å². The molecular weight excluding hydrogens is 497 g/mol. The molecule has 2 heterocycles. The zero-order chi connectivity index (χ0) is 25.2. The summed E-state index contributed by atoms with van der Waals surface area (Å²) >= 11 is 12.1. The van der Waals surface area contributed by atoms with Crippen molar-refractivity contribution in [3.63, 3.8) is 0 Å². The van der Waals surface area contributed by atoms with Crippen molar-refractivity contribution >= 4 is 75.2 Å². The van der Waals surface area contributed by atoms with Crippen LogP contribution in [-0.4, -0.2) is 16.9 Å². The highest BCUT2D eigenvalue weighted by Crippen LogP contribution is 2.36. The third-order valence-electron chi connectivity index (χ3n) is 5.68. The second kappa shape index (κ2) is 9.81. The van der Waals surface area contributed by atoms with E-state index in [0.717, 1.165) is 33.9 Å². The van der Waals surface area contributed by atoms with E-state index in [0.29, 0.717) is 27.0 Å². The van der Waals surface area contributed by atoms with Crippen molar-refractivity contribution in [2.45, 2.75) is 6.92 Å². The first-order valence-corrected chi connectivity index (χ1v) is 11.8. The minimum Gasteiger partial charge on any atom is -0.362 e. The fourth-order valence-electron chi connectivity index (χ4n) is 3.87. The third-order valence-corrected chi connectivity index (χ3v) is 6.24. The number of benzene rings is 3. The molecule has 0 radical (unpaired) electrons. The maximum Gasteiger partial charge on any atom is 0.323 e. The Morgan fingerprint density at radius 1 is 0.917 bits per heavy atom. The molecule has 7 nitrogen and oxygen atoms in total. The highest BCUT2D eigenvalue weighted by atomic mass is 35.5. The summed E-state index contributed by atoms with van der Waals surface area (Å²) in [4.78, 5) is 28.1. The van der Waals surface area contributed by atoms with Crippen molar-refractivity contribution in [3.05, 3.63) is 99.8 Å². The van der Waals surface area contributed by atoms with Crippen LogP contribution in [-0.2, 0) is 4.79 Å². The van der Waals surface area contributed by atoms with Gasteiger partial charge in [-0.15, -0.1) is 0 Å². The molecule has 3 aromatic carbocycles. The highest BCUT2D eigenvalue weighted by Gasteiger charge is 2.24. The summed E-state index contributed by atoms with van der Waals surface area (Å²) in [5.74, 6) is -0.148. The average Bonchev–Trinajstić information content (AvgIpc) is 3.46. The van der Waals surface area contributed by atoms with E-state index < -0.39 is 6.03 Å². The van der Waals surface area contributed by atoms with Crippen LogP contribution in [0.1, 0.15) is 16.8 Å². The van der Waals surface area contributed by atoms with Crippen LogP contribution in [0.2, 0.25) is 10.0 Å². The van der Waals surface area contributed by atoms with Crippen LogP contribution in [0.4, 0.5) is 33.2 Å². The summed E-state index contributed by atoms with van der Waals surface area (Å²) < 4.78 is 0. The second-order valence-electron chi connectivity index (χ2n) is 8.26. The van der Waals surface area contributed by atoms with E-state index in [-0.39, 0.29) is 5.91 Å². The number of halogens is 2. The van der Waals surface area contributed by atoms with Crippen molar-refractivity contribution < 1.29 is 9.59 Å². The molecule has 0 fully saturated rings. The van der Waals surface area contributed by atoms with Crippen molar-refractivity contribution in [3.8, 4) is 0 Å². The lowest BCUT2D eigenvalue weighted by molar-refractivity contribution is -0.110. The standard InChI is InChI=1S/C27H21Cl2N5O2/c1-15-4-6-19(32-27(36)34-25-11-16(28)5-9-22(25)29)13-23(15)31-18-7-8-20-21(12-17-3-2-10-30-17)26(35)33-24(20)14-18/h2-14,30-31H,1H3,(H,33,35)(H2,32,34,36)/b21-12+. The van der Waals surface area contributed by atoms with E-state index >= 15 is 0 Å². The van der Waals surface area contributed by atoms with Crippen molar-refractivity contribution in [2.75, 3.05) is 21.3 Å². The normalized spacial score (nSPS) is 13.3. The van der Waals surface area contributed by atoms with Gasteiger partial charge < -0.3 is 26.3 Å². The van der Waals surface area contributed by atoms with E-state index in [4.69, 9.17) is 23.2 Å². The molecule has 0 unspecified atom stereocenters. The van der Waals surface area contributed by atoms with E-state index in [9.17, 15) is 9.59 Å². The molecule has 1 aliphatic heterocycles. The number of anilines is 5. The summed E-state index contributed by atoms with van der Waals surface area (Å²) in [5.41, 5.74) is 6.61. The van der Waals surface area contributed by atoms with E-state index in [2.05, 4.69) is 26.3 Å². The average molecular weight is 518 g/mol. The van der Waals surface area contributed by atoms with Crippen LogP contribution >= 0.6 is 23.2 Å². The number of carbonyl (C=O) groups excluding carboxylic acids is 2. The lowest BCUT2D eigenvalue weighted by Crippen LogP contribution is -2.19. The summed E-state index contributed by atoms with van der Waals surface area (Å²) in [6.45, 7) is 1.96. The third kappa shape index (κ3) is 5.07. The molecule has 0 spiro atoms. The molecule has 4 aromatic rings. The van der Waals surface area contributed by atoms with Gasteiger partial charge in [0.25, 0.3) is 5.91 Å². The Bertz CT molecular complexity index is 1510. The maximum absolute atomic E-state index is 12.5. The molecule has 1 aromatic heterocycles. The predicted octanol–water partition coefficient (Wildman–Crippen LogP) is 7.51. The molecule has 0 atom stereocenters. The van der Waals surface area contributed by atoms with Gasteiger partial charge >= 0.3 is 6.03 Å². The van der Waals surface area contributed by atoms with Crippen LogP contribution in [0.15, 0.2) is 72.9 Å². The van der Waals surface area contributed by atoms with Crippen molar-refractivity contribution in [1.82, 2.24) is 4.98 Å². The number of aromatic nitrogens is 1. The summed E-state index contributed by atoms with van der Waals surface area (Å²) in [6.07, 6.45) is 3.64. The Morgan fingerprint density at radius 3 is 2.56 bits per heavy atom. The van der Waals surface area contributed by atoms with Gasteiger partial charge in [-0.2, -0.15) is 0 Å². The van der Waals surface area contributed by atoms with Crippen molar-refractivity contribution in [1.29, 1.82) is 0 Å². The van der Waals surface area contributed by atoms with Gasteiger partial charge in [-0.1, -0.05) is 35.3 Å². The molecule has 0 bridgehead atoms. The van der Waals surface area contributed by atoms with Gasteiger partial charge in [0.15, 0.2) is 0 Å². The van der Waals surface area contributed by atoms with Crippen molar-refractivity contribution in [2.24, 2.45) is 0 Å². The molecule has 3 amide bonds. The van der Waals surface area contributed by atoms with Gasteiger partial charge in [0.05, 0.1) is 22.0 Å². The first-order chi connectivity index (χ1) is 17.4. The lowest BCUT2D eigenvalue weighted by Gasteiger charge is -2.14. The molecular formula is C27H21Cl2N5O2. The molecule has 9 heteroatoms. The number of amides is 3. The highest BCUT2D eigenvalue weighted by molar-refractivity contribution is 6.36. The number of urea groups is 1. The Morgan fingerprint density at radius 2 is 1.75 bits per heavy atom. The zero-order valence-electron chi connectivity index (χ0n) is 19.1. The molecule has 36 heavy (non-hydrogen) atoms. The Labute approximate surface area is 217 Å². The first kappa shape index (κ1) is 23.5.